The van der Waals surface area contributed by atoms with Crippen LogP contribution in [0.1, 0.15) is 41.5 Å². The average Bonchev–Trinajstić information content (AvgIpc) is 3.02. The predicted octanol–water partition coefficient (Wildman–Crippen LogP) is 2.06. The highest BCUT2D eigenvalue weighted by atomic mass is 16.7. The average molecular weight is 305 g/mol. The van der Waals surface area contributed by atoms with Gasteiger partial charge < -0.3 is 14.0 Å². The van der Waals surface area contributed by atoms with E-state index < -0.39 is 7.12 Å². The number of hydrogen-bond acceptors (Lipinski definition) is 5. The van der Waals surface area contributed by atoms with E-state index in [0.717, 1.165) is 5.46 Å². The Labute approximate surface area is 131 Å². The molecule has 2 aromatic rings. The molecule has 0 radical (unpaired) electrons. The predicted molar refractivity (Wildman–Crippen MR) is 86.6 cm³/mol. The second-order valence-corrected chi connectivity index (χ2v) is 5.96. The second kappa shape index (κ2) is 5.89. The van der Waals surface area contributed by atoms with Gasteiger partial charge in [-0.05, 0) is 33.8 Å². The van der Waals surface area contributed by atoms with Crippen molar-refractivity contribution in [3.05, 3.63) is 18.6 Å². The molecule has 0 unspecified atom stereocenters. The first-order valence-electron chi connectivity index (χ1n) is 7.57. The van der Waals surface area contributed by atoms with E-state index in [-0.39, 0.29) is 11.2 Å². The summed E-state index contributed by atoms with van der Waals surface area (Å²) in [4.78, 5) is 4.16. The lowest BCUT2D eigenvalue weighted by Gasteiger charge is -2.32. The van der Waals surface area contributed by atoms with E-state index in [9.17, 15) is 0 Å². The summed E-state index contributed by atoms with van der Waals surface area (Å²) in [5.74, 6) is 0.648. The maximum atomic E-state index is 6.04. The highest BCUT2D eigenvalue weighted by molar-refractivity contribution is 6.62. The molecule has 1 aliphatic rings. The van der Waals surface area contributed by atoms with E-state index >= 15 is 0 Å². The molecule has 1 saturated heterocycles. The quantitative estimate of drug-likeness (QED) is 0.795. The first-order chi connectivity index (χ1) is 10.3. The number of pyridine rings is 1. The van der Waals surface area contributed by atoms with Crippen LogP contribution in [0.3, 0.4) is 0 Å². The molecule has 0 saturated carbocycles. The maximum absolute atomic E-state index is 6.04. The van der Waals surface area contributed by atoms with Crippen molar-refractivity contribution in [2.24, 2.45) is 0 Å². The van der Waals surface area contributed by atoms with Gasteiger partial charge in [0.1, 0.15) is 6.33 Å². The molecule has 0 amide bonds. The molecule has 3 heterocycles. The van der Waals surface area contributed by atoms with Crippen molar-refractivity contribution in [3.63, 3.8) is 0 Å². The van der Waals surface area contributed by atoms with Crippen LogP contribution in [0.2, 0.25) is 0 Å². The number of methoxy groups -OCH3 is 1. The van der Waals surface area contributed by atoms with Crippen LogP contribution < -0.4 is 10.2 Å². The summed E-state index contributed by atoms with van der Waals surface area (Å²) in [6.45, 7) is 12.1. The zero-order chi connectivity index (χ0) is 16.5. The Morgan fingerprint density at radius 3 is 2.27 bits per heavy atom. The molecular weight excluding hydrogens is 281 g/mol. The molecule has 1 fully saturated rings. The SMILES string of the molecule is CC.COc1cc(B2OC(C)(C)C(C)(C)O2)cn2ncnc12. The zero-order valence-electron chi connectivity index (χ0n) is 14.4. The number of ether oxygens (including phenoxy) is 1. The third-order valence-electron chi connectivity index (χ3n) is 4.11. The first kappa shape index (κ1) is 16.8. The Balaban J connectivity index is 0.000000847. The summed E-state index contributed by atoms with van der Waals surface area (Å²) in [5, 5.41) is 4.15. The molecule has 3 rings (SSSR count). The van der Waals surface area contributed by atoms with Gasteiger partial charge in [-0.25, -0.2) is 9.50 Å². The molecule has 2 aromatic heterocycles. The van der Waals surface area contributed by atoms with Gasteiger partial charge in [-0.2, -0.15) is 5.10 Å². The lowest BCUT2D eigenvalue weighted by atomic mass is 9.80. The third-order valence-corrected chi connectivity index (χ3v) is 4.11. The number of fused-ring (bicyclic) bond motifs is 1. The number of nitrogens with zero attached hydrogens (tertiary/aromatic N) is 3. The van der Waals surface area contributed by atoms with Crippen LogP contribution >= 0.6 is 0 Å². The van der Waals surface area contributed by atoms with Crippen molar-refractivity contribution in [1.82, 2.24) is 14.6 Å². The van der Waals surface area contributed by atoms with Gasteiger partial charge >= 0.3 is 7.12 Å². The largest absolute Gasteiger partial charge is 0.496 e. The smallest absolute Gasteiger partial charge is 0.493 e. The Bertz CT molecular complexity index is 639. The fourth-order valence-electron chi connectivity index (χ4n) is 2.17. The van der Waals surface area contributed by atoms with Gasteiger partial charge in [0.25, 0.3) is 0 Å². The van der Waals surface area contributed by atoms with Crippen LogP contribution in [0.25, 0.3) is 5.65 Å². The van der Waals surface area contributed by atoms with Crippen LogP contribution in [0, 0.1) is 0 Å². The van der Waals surface area contributed by atoms with Crippen molar-refractivity contribution < 1.29 is 14.0 Å². The highest BCUT2D eigenvalue weighted by Gasteiger charge is 2.52. The van der Waals surface area contributed by atoms with Crippen molar-refractivity contribution in [1.29, 1.82) is 0 Å². The Morgan fingerprint density at radius 2 is 1.73 bits per heavy atom. The molecular formula is C15H24BN3O3. The molecule has 0 atom stereocenters. The molecule has 22 heavy (non-hydrogen) atoms. The Hall–Kier alpha value is -1.60. The Kier molecular flexibility index (Phi) is 4.49. The van der Waals surface area contributed by atoms with Crippen LogP contribution in [0.5, 0.6) is 5.75 Å². The zero-order valence-corrected chi connectivity index (χ0v) is 14.4. The van der Waals surface area contributed by atoms with E-state index in [4.69, 9.17) is 14.0 Å². The van der Waals surface area contributed by atoms with Gasteiger partial charge in [0.15, 0.2) is 11.4 Å². The molecule has 0 N–H and O–H groups in total. The summed E-state index contributed by atoms with van der Waals surface area (Å²) in [6, 6.07) is 1.88. The fraction of sp³-hybridized carbons (Fsp3) is 0.600. The summed E-state index contributed by atoms with van der Waals surface area (Å²) in [7, 11) is 1.17. The van der Waals surface area contributed by atoms with Crippen LogP contribution in [-0.4, -0.2) is 40.0 Å². The standard InChI is InChI=1S/C13H18BN3O3.C2H6/c1-12(2)13(3,4)20-14(19-12)9-6-10(18-5)11-15-8-16-17(11)7-9;1-2/h6-8H,1-5H3;1-2H3. The highest BCUT2D eigenvalue weighted by Crippen LogP contribution is 2.36. The summed E-state index contributed by atoms with van der Waals surface area (Å²) >= 11 is 0. The first-order valence-corrected chi connectivity index (χ1v) is 7.57. The summed E-state index contributed by atoms with van der Waals surface area (Å²) in [5.41, 5.74) is 0.788. The van der Waals surface area contributed by atoms with Gasteiger partial charge in [-0.3, -0.25) is 0 Å². The van der Waals surface area contributed by atoms with E-state index in [2.05, 4.69) is 10.1 Å². The molecule has 0 aromatic carbocycles. The van der Waals surface area contributed by atoms with Gasteiger partial charge in [0.05, 0.1) is 18.3 Å². The minimum atomic E-state index is -0.442. The van der Waals surface area contributed by atoms with Crippen molar-refractivity contribution >= 4 is 18.2 Å². The number of aromatic nitrogens is 3. The van der Waals surface area contributed by atoms with Gasteiger partial charge in [0, 0.05) is 11.7 Å². The summed E-state index contributed by atoms with van der Waals surface area (Å²) in [6.07, 6.45) is 3.35. The van der Waals surface area contributed by atoms with Crippen LogP contribution in [0.4, 0.5) is 0 Å². The third kappa shape index (κ3) is 2.70. The van der Waals surface area contributed by atoms with E-state index in [1.165, 1.54) is 6.33 Å². The van der Waals surface area contributed by atoms with Crippen molar-refractivity contribution in [3.8, 4) is 5.75 Å². The number of hydrogen-bond donors (Lipinski definition) is 0. The van der Waals surface area contributed by atoms with Gasteiger partial charge in [-0.1, -0.05) is 13.8 Å². The van der Waals surface area contributed by atoms with Crippen molar-refractivity contribution in [2.45, 2.75) is 52.7 Å². The van der Waals surface area contributed by atoms with E-state index in [1.807, 2.05) is 53.8 Å². The molecule has 6 nitrogen and oxygen atoms in total. The lowest BCUT2D eigenvalue weighted by molar-refractivity contribution is 0.00578. The maximum Gasteiger partial charge on any atom is 0.496 e. The van der Waals surface area contributed by atoms with Gasteiger partial charge in [-0.15, -0.1) is 0 Å². The molecule has 7 heteroatoms. The van der Waals surface area contributed by atoms with E-state index in [0.29, 0.717) is 11.4 Å². The second-order valence-electron chi connectivity index (χ2n) is 5.96. The van der Waals surface area contributed by atoms with Gasteiger partial charge in [0.2, 0.25) is 0 Å². The Morgan fingerprint density at radius 1 is 1.14 bits per heavy atom. The minimum absolute atomic E-state index is 0.373. The summed E-state index contributed by atoms with van der Waals surface area (Å²) < 4.78 is 19.1. The van der Waals surface area contributed by atoms with Crippen LogP contribution in [-0.2, 0) is 9.31 Å². The fourth-order valence-corrected chi connectivity index (χ4v) is 2.17. The molecule has 120 valence electrons. The molecule has 0 bridgehead atoms. The number of rotatable bonds is 2. The van der Waals surface area contributed by atoms with E-state index in [1.54, 1.807) is 11.6 Å². The molecule has 0 aliphatic carbocycles. The monoisotopic (exact) mass is 305 g/mol. The lowest BCUT2D eigenvalue weighted by Crippen LogP contribution is -2.41. The van der Waals surface area contributed by atoms with Crippen molar-refractivity contribution in [2.75, 3.05) is 7.11 Å². The minimum Gasteiger partial charge on any atom is -0.493 e. The topological polar surface area (TPSA) is 57.9 Å². The molecule has 0 spiro atoms. The molecule has 1 aliphatic heterocycles. The normalized spacial score (nSPS) is 19.0. The van der Waals surface area contributed by atoms with Crippen LogP contribution in [0.15, 0.2) is 18.6 Å².